The van der Waals surface area contributed by atoms with Gasteiger partial charge in [-0.25, -0.2) is 17.6 Å². The zero-order valence-corrected chi connectivity index (χ0v) is 14.8. The minimum atomic E-state index is -3.88. The first-order chi connectivity index (χ1) is 11.8. The highest BCUT2D eigenvalue weighted by Crippen LogP contribution is 2.23. The van der Waals surface area contributed by atoms with Gasteiger partial charge in [-0.1, -0.05) is 12.1 Å². The molecule has 2 rings (SSSR count). The summed E-state index contributed by atoms with van der Waals surface area (Å²) in [6.07, 6.45) is 0.628. The van der Waals surface area contributed by atoms with Crippen LogP contribution in [0.2, 0.25) is 0 Å². The average molecular weight is 365 g/mol. The summed E-state index contributed by atoms with van der Waals surface area (Å²) in [5.74, 6) is -1.77. The minimum absolute atomic E-state index is 0.0352. The van der Waals surface area contributed by atoms with Gasteiger partial charge in [0.1, 0.15) is 5.82 Å². The largest absolute Gasteiger partial charge is 0.462 e. The standard InChI is InChI=1S/C18H20FNO4S/c1-3-24-18(21)16-9-8-15(11-17(16)19)25(22,23)14-6-4-13(5-7-14)10-12(2)20/h4-9,11-12H,3,10,20H2,1-2H3. The topological polar surface area (TPSA) is 86.5 Å². The van der Waals surface area contributed by atoms with Crippen LogP contribution in [0.15, 0.2) is 52.3 Å². The van der Waals surface area contributed by atoms with Crippen LogP contribution in [0.5, 0.6) is 0 Å². The molecule has 134 valence electrons. The molecule has 0 fully saturated rings. The predicted molar refractivity (Wildman–Crippen MR) is 91.6 cm³/mol. The lowest BCUT2D eigenvalue weighted by Crippen LogP contribution is -2.17. The van der Waals surface area contributed by atoms with Crippen LogP contribution in [0.25, 0.3) is 0 Å². The third kappa shape index (κ3) is 4.43. The van der Waals surface area contributed by atoms with Gasteiger partial charge in [0.25, 0.3) is 0 Å². The summed E-state index contributed by atoms with van der Waals surface area (Å²) < 4.78 is 44.1. The van der Waals surface area contributed by atoms with Crippen molar-refractivity contribution >= 4 is 15.8 Å². The van der Waals surface area contributed by atoms with Crippen LogP contribution in [0.1, 0.15) is 29.8 Å². The van der Waals surface area contributed by atoms with Crippen molar-refractivity contribution in [1.82, 2.24) is 0 Å². The third-order valence-corrected chi connectivity index (χ3v) is 5.30. The average Bonchev–Trinajstić information content (AvgIpc) is 2.54. The van der Waals surface area contributed by atoms with Crippen molar-refractivity contribution in [2.75, 3.05) is 6.61 Å². The number of benzene rings is 2. The smallest absolute Gasteiger partial charge is 0.341 e. The number of carbonyl (C=O) groups is 1. The van der Waals surface area contributed by atoms with Crippen molar-refractivity contribution in [2.24, 2.45) is 5.73 Å². The van der Waals surface area contributed by atoms with E-state index in [0.717, 1.165) is 17.7 Å². The molecule has 0 aliphatic heterocycles. The van der Waals surface area contributed by atoms with E-state index in [4.69, 9.17) is 10.5 Å². The first kappa shape index (κ1) is 19.1. The molecule has 0 aliphatic carbocycles. The minimum Gasteiger partial charge on any atom is -0.462 e. The molecule has 0 radical (unpaired) electrons. The summed E-state index contributed by atoms with van der Waals surface area (Å²) in [4.78, 5) is 11.4. The quantitative estimate of drug-likeness (QED) is 0.796. The fourth-order valence-electron chi connectivity index (χ4n) is 2.35. The Morgan fingerprint density at radius 1 is 1.16 bits per heavy atom. The molecule has 1 atom stereocenters. The van der Waals surface area contributed by atoms with Gasteiger partial charge in [-0.05, 0) is 56.2 Å². The molecule has 2 aromatic rings. The van der Waals surface area contributed by atoms with E-state index in [0.29, 0.717) is 6.42 Å². The van der Waals surface area contributed by atoms with Gasteiger partial charge in [-0.3, -0.25) is 0 Å². The van der Waals surface area contributed by atoms with Gasteiger partial charge in [-0.15, -0.1) is 0 Å². The van der Waals surface area contributed by atoms with Crippen molar-refractivity contribution in [1.29, 1.82) is 0 Å². The maximum atomic E-state index is 14.1. The van der Waals surface area contributed by atoms with E-state index < -0.39 is 21.6 Å². The number of halogens is 1. The summed E-state index contributed by atoms with van der Waals surface area (Å²) in [5.41, 5.74) is 6.33. The molecule has 0 spiro atoms. The van der Waals surface area contributed by atoms with Crippen molar-refractivity contribution in [3.63, 3.8) is 0 Å². The van der Waals surface area contributed by atoms with Crippen molar-refractivity contribution < 1.29 is 22.3 Å². The Bertz CT molecular complexity index is 861. The van der Waals surface area contributed by atoms with Crippen molar-refractivity contribution in [3.8, 4) is 0 Å². The lowest BCUT2D eigenvalue weighted by Gasteiger charge is -2.09. The molecular formula is C18H20FNO4S. The van der Waals surface area contributed by atoms with Gasteiger partial charge in [-0.2, -0.15) is 0 Å². The second-order valence-electron chi connectivity index (χ2n) is 5.69. The van der Waals surface area contributed by atoms with Crippen molar-refractivity contribution in [3.05, 3.63) is 59.4 Å². The number of hydrogen-bond donors (Lipinski definition) is 1. The number of ether oxygens (including phenoxy) is 1. The van der Waals surface area contributed by atoms with Crippen LogP contribution < -0.4 is 5.73 Å². The van der Waals surface area contributed by atoms with Crippen LogP contribution in [0.4, 0.5) is 4.39 Å². The summed E-state index contributed by atoms with van der Waals surface area (Å²) in [6.45, 7) is 3.56. The number of rotatable bonds is 6. The number of sulfone groups is 1. The Hall–Kier alpha value is -2.25. The van der Waals surface area contributed by atoms with Gasteiger partial charge in [0.05, 0.1) is 22.0 Å². The van der Waals surface area contributed by atoms with Gasteiger partial charge < -0.3 is 10.5 Å². The number of nitrogens with two attached hydrogens (primary N) is 1. The number of esters is 1. The predicted octanol–water partition coefficient (Wildman–Crippen LogP) is 2.72. The van der Waals surface area contributed by atoms with Gasteiger partial charge in [0.15, 0.2) is 0 Å². The second-order valence-corrected chi connectivity index (χ2v) is 7.64. The lowest BCUT2D eigenvalue weighted by molar-refractivity contribution is 0.0521. The van der Waals surface area contributed by atoms with Crippen molar-refractivity contribution in [2.45, 2.75) is 36.1 Å². The summed E-state index contributed by atoms with van der Waals surface area (Å²) in [5, 5.41) is 0. The second kappa shape index (κ2) is 7.76. The highest BCUT2D eigenvalue weighted by atomic mass is 32.2. The van der Waals surface area contributed by atoms with E-state index in [1.807, 2.05) is 6.92 Å². The van der Waals surface area contributed by atoms with Crippen LogP contribution >= 0.6 is 0 Å². The van der Waals surface area contributed by atoms with Gasteiger partial charge in [0.2, 0.25) is 9.84 Å². The van der Waals surface area contributed by atoms with Crippen LogP contribution in [-0.2, 0) is 21.0 Å². The van der Waals surface area contributed by atoms with Crippen LogP contribution in [-0.4, -0.2) is 27.0 Å². The van der Waals surface area contributed by atoms with E-state index in [-0.39, 0.29) is 28.0 Å². The zero-order chi connectivity index (χ0) is 18.6. The molecule has 0 amide bonds. The molecule has 0 saturated carbocycles. The molecule has 2 aromatic carbocycles. The summed E-state index contributed by atoms with van der Waals surface area (Å²) in [7, 11) is -3.88. The summed E-state index contributed by atoms with van der Waals surface area (Å²) >= 11 is 0. The Labute approximate surface area is 146 Å². The Balaban J connectivity index is 2.33. The molecule has 5 nitrogen and oxygen atoms in total. The van der Waals surface area contributed by atoms with Crippen LogP contribution in [0, 0.1) is 5.82 Å². The number of hydrogen-bond acceptors (Lipinski definition) is 5. The molecule has 0 heterocycles. The first-order valence-electron chi connectivity index (χ1n) is 7.82. The molecule has 2 N–H and O–H groups in total. The maximum absolute atomic E-state index is 14.1. The highest BCUT2D eigenvalue weighted by Gasteiger charge is 2.21. The molecular weight excluding hydrogens is 345 g/mol. The zero-order valence-electron chi connectivity index (χ0n) is 14.0. The monoisotopic (exact) mass is 365 g/mol. The molecule has 25 heavy (non-hydrogen) atoms. The van der Waals surface area contributed by atoms with Gasteiger partial charge >= 0.3 is 5.97 Å². The summed E-state index contributed by atoms with van der Waals surface area (Å²) in [6, 6.07) is 9.39. The SMILES string of the molecule is CCOC(=O)c1ccc(S(=O)(=O)c2ccc(CC(C)N)cc2)cc1F. The normalized spacial score (nSPS) is 12.6. The van der Waals surface area contributed by atoms with E-state index in [2.05, 4.69) is 0 Å². The van der Waals surface area contributed by atoms with E-state index in [1.54, 1.807) is 19.1 Å². The lowest BCUT2D eigenvalue weighted by atomic mass is 10.1. The molecule has 0 bridgehead atoms. The highest BCUT2D eigenvalue weighted by molar-refractivity contribution is 7.91. The Kier molecular flexibility index (Phi) is 5.92. The Morgan fingerprint density at radius 2 is 1.76 bits per heavy atom. The molecule has 0 aliphatic rings. The first-order valence-corrected chi connectivity index (χ1v) is 9.30. The Morgan fingerprint density at radius 3 is 2.28 bits per heavy atom. The third-order valence-electron chi connectivity index (χ3n) is 3.54. The molecule has 7 heteroatoms. The van der Waals surface area contributed by atoms with E-state index in [1.165, 1.54) is 18.2 Å². The molecule has 1 unspecified atom stereocenters. The number of carbonyl (C=O) groups excluding carboxylic acids is 1. The maximum Gasteiger partial charge on any atom is 0.341 e. The van der Waals surface area contributed by atoms with Crippen LogP contribution in [0.3, 0.4) is 0 Å². The fourth-order valence-corrected chi connectivity index (χ4v) is 3.62. The fraction of sp³-hybridized carbons (Fsp3) is 0.278. The molecule has 0 aromatic heterocycles. The van der Waals surface area contributed by atoms with E-state index >= 15 is 0 Å². The van der Waals surface area contributed by atoms with E-state index in [9.17, 15) is 17.6 Å². The van der Waals surface area contributed by atoms with Gasteiger partial charge in [0, 0.05) is 6.04 Å². The molecule has 0 saturated heterocycles.